The van der Waals surface area contributed by atoms with Gasteiger partial charge in [-0.25, -0.2) is 9.18 Å². The van der Waals surface area contributed by atoms with Crippen molar-refractivity contribution in [3.63, 3.8) is 0 Å². The minimum absolute atomic E-state index is 0.267. The first-order chi connectivity index (χ1) is 11.2. The molecule has 2 amide bonds. The molecule has 1 unspecified atom stereocenters. The molecule has 1 atom stereocenters. The van der Waals surface area contributed by atoms with Crippen LogP contribution < -0.4 is 15.5 Å². The van der Waals surface area contributed by atoms with Crippen LogP contribution >= 0.6 is 0 Å². The molecule has 1 heterocycles. The lowest BCUT2D eigenvalue weighted by Crippen LogP contribution is -2.41. The van der Waals surface area contributed by atoms with Crippen LogP contribution in [0.25, 0.3) is 0 Å². The molecule has 0 aliphatic carbocycles. The molecule has 0 spiro atoms. The van der Waals surface area contributed by atoms with Crippen LogP contribution in [0.1, 0.15) is 12.8 Å². The molecule has 2 aromatic carbocycles. The first kappa shape index (κ1) is 15.3. The van der Waals surface area contributed by atoms with E-state index in [0.29, 0.717) is 18.3 Å². The van der Waals surface area contributed by atoms with Crippen molar-refractivity contribution in [2.24, 2.45) is 0 Å². The number of halogens is 1. The summed E-state index contributed by atoms with van der Waals surface area (Å²) >= 11 is 0. The zero-order valence-corrected chi connectivity index (χ0v) is 12.8. The number of nitrogens with one attached hydrogen (secondary N) is 2. The molecular formula is C18H20FN3O. The maximum Gasteiger partial charge on any atom is 0.319 e. The first-order valence-electron chi connectivity index (χ1n) is 7.84. The van der Waals surface area contributed by atoms with Crippen molar-refractivity contribution >= 4 is 17.4 Å². The highest BCUT2D eigenvalue weighted by molar-refractivity contribution is 5.89. The summed E-state index contributed by atoms with van der Waals surface area (Å²) in [6.45, 7) is 1.60. The first-order valence-corrected chi connectivity index (χ1v) is 7.84. The maximum absolute atomic E-state index is 12.8. The Morgan fingerprint density at radius 1 is 1.13 bits per heavy atom. The second-order valence-corrected chi connectivity index (χ2v) is 5.67. The van der Waals surface area contributed by atoms with Crippen LogP contribution in [0.4, 0.5) is 20.6 Å². The quantitative estimate of drug-likeness (QED) is 0.905. The Hall–Kier alpha value is -2.56. The molecule has 5 heteroatoms. The standard InChI is InChI=1S/C18H20FN3O/c19-14-8-10-15(11-9-14)21-18(23)20-13-17-7-4-12-22(17)16-5-2-1-3-6-16/h1-3,5-6,8-11,17H,4,7,12-13H2,(H2,20,21,23). The summed E-state index contributed by atoms with van der Waals surface area (Å²) in [7, 11) is 0. The minimum atomic E-state index is -0.319. The van der Waals surface area contributed by atoms with Gasteiger partial charge in [-0.05, 0) is 49.2 Å². The van der Waals surface area contributed by atoms with Gasteiger partial charge in [0.15, 0.2) is 0 Å². The Balaban J connectivity index is 1.53. The Morgan fingerprint density at radius 3 is 2.61 bits per heavy atom. The Kier molecular flexibility index (Phi) is 4.76. The zero-order chi connectivity index (χ0) is 16.1. The molecule has 1 saturated heterocycles. The fraction of sp³-hybridized carbons (Fsp3) is 0.278. The molecule has 0 radical (unpaired) electrons. The SMILES string of the molecule is O=C(NCC1CCCN1c1ccccc1)Nc1ccc(F)cc1. The van der Waals surface area contributed by atoms with Crippen LogP contribution in [0.3, 0.4) is 0 Å². The van der Waals surface area contributed by atoms with E-state index in [4.69, 9.17) is 0 Å². The van der Waals surface area contributed by atoms with Gasteiger partial charge in [-0.3, -0.25) is 0 Å². The van der Waals surface area contributed by atoms with Crippen LogP contribution in [0.5, 0.6) is 0 Å². The number of urea groups is 1. The van der Waals surface area contributed by atoms with E-state index in [2.05, 4.69) is 27.7 Å². The molecule has 23 heavy (non-hydrogen) atoms. The summed E-state index contributed by atoms with van der Waals surface area (Å²) in [5.41, 5.74) is 1.77. The smallest absolute Gasteiger partial charge is 0.319 e. The number of carbonyl (C=O) groups excluding carboxylic acids is 1. The predicted molar refractivity (Wildman–Crippen MR) is 90.2 cm³/mol. The molecule has 2 aromatic rings. The second kappa shape index (κ2) is 7.13. The van der Waals surface area contributed by atoms with Gasteiger partial charge < -0.3 is 15.5 Å². The molecule has 120 valence electrons. The molecular weight excluding hydrogens is 293 g/mol. The van der Waals surface area contributed by atoms with Crippen LogP contribution in [0.15, 0.2) is 54.6 Å². The molecule has 2 N–H and O–H groups in total. The lowest BCUT2D eigenvalue weighted by molar-refractivity contribution is 0.251. The molecule has 1 fully saturated rings. The van der Waals surface area contributed by atoms with Gasteiger partial charge in [0.1, 0.15) is 5.82 Å². The number of nitrogens with zero attached hydrogens (tertiary/aromatic N) is 1. The summed E-state index contributed by atoms with van der Waals surface area (Å²) in [4.78, 5) is 14.3. The van der Waals surface area contributed by atoms with Gasteiger partial charge in [-0.2, -0.15) is 0 Å². The van der Waals surface area contributed by atoms with Crippen molar-refractivity contribution in [1.82, 2.24) is 5.32 Å². The van der Waals surface area contributed by atoms with Gasteiger partial charge in [0.05, 0.1) is 0 Å². The van der Waals surface area contributed by atoms with Crippen molar-refractivity contribution in [2.75, 3.05) is 23.3 Å². The molecule has 0 bridgehead atoms. The third kappa shape index (κ3) is 4.00. The van der Waals surface area contributed by atoms with E-state index in [-0.39, 0.29) is 11.8 Å². The van der Waals surface area contributed by atoms with E-state index in [1.165, 1.54) is 17.8 Å². The van der Waals surface area contributed by atoms with Crippen molar-refractivity contribution in [3.8, 4) is 0 Å². The van der Waals surface area contributed by atoms with Crippen molar-refractivity contribution < 1.29 is 9.18 Å². The highest BCUT2D eigenvalue weighted by atomic mass is 19.1. The van der Waals surface area contributed by atoms with Crippen molar-refractivity contribution in [1.29, 1.82) is 0 Å². The minimum Gasteiger partial charge on any atom is -0.367 e. The maximum atomic E-state index is 12.8. The third-order valence-electron chi connectivity index (χ3n) is 4.07. The fourth-order valence-electron chi connectivity index (χ4n) is 2.93. The van der Waals surface area contributed by atoms with Gasteiger partial charge in [0.2, 0.25) is 0 Å². The number of hydrogen-bond acceptors (Lipinski definition) is 2. The number of carbonyl (C=O) groups is 1. The number of amides is 2. The molecule has 3 rings (SSSR count). The van der Waals surface area contributed by atoms with Gasteiger partial charge in [-0.1, -0.05) is 18.2 Å². The largest absolute Gasteiger partial charge is 0.367 e. The van der Waals surface area contributed by atoms with Gasteiger partial charge >= 0.3 is 6.03 Å². The average molecular weight is 313 g/mol. The highest BCUT2D eigenvalue weighted by Crippen LogP contribution is 2.24. The number of anilines is 2. The zero-order valence-electron chi connectivity index (χ0n) is 12.8. The third-order valence-corrected chi connectivity index (χ3v) is 4.07. The highest BCUT2D eigenvalue weighted by Gasteiger charge is 2.24. The normalized spacial score (nSPS) is 17.1. The molecule has 0 aromatic heterocycles. The number of rotatable bonds is 4. The van der Waals surface area contributed by atoms with Crippen LogP contribution in [0.2, 0.25) is 0 Å². The Labute approximate surface area is 135 Å². The van der Waals surface area contributed by atoms with E-state index >= 15 is 0 Å². The van der Waals surface area contributed by atoms with E-state index in [1.54, 1.807) is 12.1 Å². The lowest BCUT2D eigenvalue weighted by Gasteiger charge is -2.27. The van der Waals surface area contributed by atoms with E-state index < -0.39 is 0 Å². The molecule has 4 nitrogen and oxygen atoms in total. The fourth-order valence-corrected chi connectivity index (χ4v) is 2.93. The van der Waals surface area contributed by atoms with E-state index in [9.17, 15) is 9.18 Å². The Morgan fingerprint density at radius 2 is 1.87 bits per heavy atom. The topological polar surface area (TPSA) is 44.4 Å². The molecule has 1 aliphatic heterocycles. The van der Waals surface area contributed by atoms with Gasteiger partial charge in [-0.15, -0.1) is 0 Å². The van der Waals surface area contributed by atoms with Crippen molar-refractivity contribution in [3.05, 3.63) is 60.4 Å². The van der Waals surface area contributed by atoms with Crippen molar-refractivity contribution in [2.45, 2.75) is 18.9 Å². The monoisotopic (exact) mass is 313 g/mol. The number of benzene rings is 2. The number of para-hydroxylation sites is 1. The van der Waals surface area contributed by atoms with E-state index in [0.717, 1.165) is 19.4 Å². The predicted octanol–water partition coefficient (Wildman–Crippen LogP) is 3.62. The van der Waals surface area contributed by atoms with E-state index in [1.807, 2.05) is 18.2 Å². The van der Waals surface area contributed by atoms with Crippen LogP contribution in [-0.2, 0) is 0 Å². The summed E-state index contributed by atoms with van der Waals surface area (Å²) in [6, 6.07) is 16.0. The van der Waals surface area contributed by atoms with Crippen LogP contribution in [-0.4, -0.2) is 25.2 Å². The summed E-state index contributed by atoms with van der Waals surface area (Å²) < 4.78 is 12.8. The second-order valence-electron chi connectivity index (χ2n) is 5.67. The van der Waals surface area contributed by atoms with Gasteiger partial charge in [0, 0.05) is 30.5 Å². The average Bonchev–Trinajstić information content (AvgIpc) is 3.04. The summed E-state index contributed by atoms with van der Waals surface area (Å²) in [5, 5.41) is 5.61. The van der Waals surface area contributed by atoms with Crippen LogP contribution in [0, 0.1) is 5.82 Å². The summed E-state index contributed by atoms with van der Waals surface area (Å²) in [6.07, 6.45) is 2.19. The summed E-state index contributed by atoms with van der Waals surface area (Å²) in [5.74, 6) is -0.319. The molecule has 1 aliphatic rings. The lowest BCUT2D eigenvalue weighted by atomic mass is 10.2. The number of hydrogen-bond donors (Lipinski definition) is 2. The van der Waals surface area contributed by atoms with Gasteiger partial charge in [0.25, 0.3) is 0 Å². The Bertz CT molecular complexity index is 645. The molecule has 0 saturated carbocycles.